The highest BCUT2D eigenvalue weighted by atomic mass is 16.3. The lowest BCUT2D eigenvalue weighted by atomic mass is 9.62. The maximum absolute atomic E-state index is 12.3. The largest absolute Gasteiger partial charge is 0.396 e. The molecule has 1 heterocycles. The molecule has 1 saturated carbocycles. The van der Waals surface area contributed by atoms with E-state index < -0.39 is 0 Å². The van der Waals surface area contributed by atoms with Gasteiger partial charge >= 0.3 is 0 Å². The quantitative estimate of drug-likeness (QED) is 0.763. The first-order chi connectivity index (χ1) is 9.00. The number of aromatic nitrogens is 1. The summed E-state index contributed by atoms with van der Waals surface area (Å²) in [6.07, 6.45) is 6.69. The second kappa shape index (κ2) is 5.37. The van der Waals surface area contributed by atoms with Gasteiger partial charge in [-0.25, -0.2) is 0 Å². The Morgan fingerprint density at radius 1 is 1.47 bits per heavy atom. The van der Waals surface area contributed by atoms with Crippen LogP contribution in [0, 0.1) is 18.3 Å². The van der Waals surface area contributed by atoms with E-state index in [1.54, 1.807) is 6.20 Å². The number of H-pyrrole nitrogens is 1. The van der Waals surface area contributed by atoms with Crippen LogP contribution in [0.2, 0.25) is 0 Å². The van der Waals surface area contributed by atoms with Crippen LogP contribution in [0.25, 0.3) is 0 Å². The topological polar surface area (TPSA) is 65.1 Å². The lowest BCUT2D eigenvalue weighted by Crippen LogP contribution is -2.56. The van der Waals surface area contributed by atoms with E-state index in [0.29, 0.717) is 11.5 Å². The fourth-order valence-corrected chi connectivity index (χ4v) is 3.13. The molecule has 0 aliphatic heterocycles. The fraction of sp³-hybridized carbons (Fsp3) is 0.667. The number of hydrogen-bond donors (Lipinski definition) is 3. The number of nitrogens with one attached hydrogen (secondary N) is 2. The Bertz CT molecular complexity index is 441. The molecule has 1 amide bonds. The number of amides is 1. The molecule has 4 nitrogen and oxygen atoms in total. The molecule has 0 radical (unpaired) electrons. The van der Waals surface area contributed by atoms with E-state index in [2.05, 4.69) is 24.1 Å². The van der Waals surface area contributed by atoms with Crippen molar-refractivity contribution in [3.8, 4) is 0 Å². The monoisotopic (exact) mass is 264 g/mol. The first-order valence-corrected chi connectivity index (χ1v) is 7.05. The first-order valence-electron chi connectivity index (χ1n) is 7.05. The van der Waals surface area contributed by atoms with Crippen LogP contribution < -0.4 is 5.32 Å². The first kappa shape index (κ1) is 14.1. The van der Waals surface area contributed by atoms with Crippen LogP contribution in [-0.4, -0.2) is 28.6 Å². The summed E-state index contributed by atoms with van der Waals surface area (Å²) in [5, 5.41) is 12.8. The summed E-state index contributed by atoms with van der Waals surface area (Å²) in [4.78, 5) is 15.3. The van der Waals surface area contributed by atoms with Crippen molar-refractivity contribution in [2.45, 2.75) is 46.1 Å². The van der Waals surface area contributed by atoms with Gasteiger partial charge in [0.05, 0.1) is 12.2 Å². The molecule has 1 atom stereocenters. The Morgan fingerprint density at radius 3 is 2.53 bits per heavy atom. The zero-order chi connectivity index (χ0) is 14.0. The van der Waals surface area contributed by atoms with Gasteiger partial charge in [-0.3, -0.25) is 4.79 Å². The lowest BCUT2D eigenvalue weighted by Gasteiger charge is -2.48. The summed E-state index contributed by atoms with van der Waals surface area (Å²) in [6, 6.07) is 0.0352. The van der Waals surface area contributed by atoms with E-state index >= 15 is 0 Å². The molecule has 2 rings (SSSR count). The molecule has 1 aromatic rings. The molecule has 3 N–H and O–H groups in total. The molecule has 1 unspecified atom stereocenters. The third-order valence-electron chi connectivity index (χ3n) is 4.47. The third-order valence-corrected chi connectivity index (χ3v) is 4.47. The highest BCUT2D eigenvalue weighted by molar-refractivity contribution is 5.95. The standard InChI is InChI=1S/C15H24N2O2/c1-10(2)13(15(9-18)5-4-6-15)17-14(19)12-8-16-7-11(12)3/h7-8,10,13,16,18H,4-6,9H2,1-3H3,(H,17,19). The molecule has 1 aliphatic carbocycles. The molecular formula is C15H24N2O2. The Kier molecular flexibility index (Phi) is 3.99. The number of rotatable bonds is 5. The van der Waals surface area contributed by atoms with Crippen molar-refractivity contribution < 1.29 is 9.90 Å². The molecule has 1 aromatic heterocycles. The number of aromatic amines is 1. The van der Waals surface area contributed by atoms with Gasteiger partial charge < -0.3 is 15.4 Å². The van der Waals surface area contributed by atoms with Gasteiger partial charge in [-0.05, 0) is 31.2 Å². The molecular weight excluding hydrogens is 240 g/mol. The van der Waals surface area contributed by atoms with Gasteiger partial charge in [-0.15, -0.1) is 0 Å². The van der Waals surface area contributed by atoms with Crippen molar-refractivity contribution in [2.75, 3.05) is 6.61 Å². The molecule has 0 saturated heterocycles. The normalized spacial score (nSPS) is 19.0. The molecule has 19 heavy (non-hydrogen) atoms. The van der Waals surface area contributed by atoms with Gasteiger partial charge in [0.15, 0.2) is 0 Å². The summed E-state index contributed by atoms with van der Waals surface area (Å²) in [7, 11) is 0. The molecule has 0 spiro atoms. The van der Waals surface area contributed by atoms with Gasteiger partial charge in [0, 0.05) is 23.9 Å². The van der Waals surface area contributed by atoms with Crippen molar-refractivity contribution in [3.63, 3.8) is 0 Å². The number of carbonyl (C=O) groups is 1. The molecule has 1 fully saturated rings. The van der Waals surface area contributed by atoms with Crippen molar-refractivity contribution >= 4 is 5.91 Å². The van der Waals surface area contributed by atoms with Crippen LogP contribution >= 0.6 is 0 Å². The van der Waals surface area contributed by atoms with Gasteiger partial charge in [-0.1, -0.05) is 20.3 Å². The fourth-order valence-electron chi connectivity index (χ4n) is 3.13. The number of hydrogen-bond acceptors (Lipinski definition) is 2. The van der Waals surface area contributed by atoms with Crippen LogP contribution in [0.1, 0.15) is 49.0 Å². The SMILES string of the molecule is Cc1c[nH]cc1C(=O)NC(C(C)C)C1(CO)CCC1. The average molecular weight is 264 g/mol. The highest BCUT2D eigenvalue weighted by Gasteiger charge is 2.45. The van der Waals surface area contributed by atoms with Gasteiger partial charge in [0.1, 0.15) is 0 Å². The van der Waals surface area contributed by atoms with E-state index in [1.165, 1.54) is 0 Å². The second-order valence-electron chi connectivity index (χ2n) is 6.12. The molecule has 1 aliphatic rings. The second-order valence-corrected chi connectivity index (χ2v) is 6.12. The Hall–Kier alpha value is -1.29. The minimum atomic E-state index is -0.117. The van der Waals surface area contributed by atoms with Crippen molar-refractivity contribution in [1.82, 2.24) is 10.3 Å². The van der Waals surface area contributed by atoms with E-state index in [4.69, 9.17) is 0 Å². The number of aliphatic hydroxyl groups is 1. The van der Waals surface area contributed by atoms with Crippen molar-refractivity contribution in [1.29, 1.82) is 0 Å². The Balaban J connectivity index is 2.14. The summed E-state index contributed by atoms with van der Waals surface area (Å²) >= 11 is 0. The zero-order valence-corrected chi connectivity index (χ0v) is 12.0. The molecule has 4 heteroatoms. The van der Waals surface area contributed by atoms with Crippen LogP contribution in [0.3, 0.4) is 0 Å². The van der Waals surface area contributed by atoms with Crippen LogP contribution in [0.4, 0.5) is 0 Å². The number of aryl methyl sites for hydroxylation is 1. The van der Waals surface area contributed by atoms with Crippen LogP contribution in [0.15, 0.2) is 12.4 Å². The molecule has 0 aromatic carbocycles. The minimum Gasteiger partial charge on any atom is -0.396 e. The molecule has 0 bridgehead atoms. The molecule has 106 valence electrons. The number of aliphatic hydroxyl groups excluding tert-OH is 1. The van der Waals surface area contributed by atoms with Crippen LogP contribution in [-0.2, 0) is 0 Å². The van der Waals surface area contributed by atoms with Gasteiger partial charge in [-0.2, -0.15) is 0 Å². The van der Waals surface area contributed by atoms with Crippen molar-refractivity contribution in [3.05, 3.63) is 23.5 Å². The average Bonchev–Trinajstić information content (AvgIpc) is 2.73. The zero-order valence-electron chi connectivity index (χ0n) is 12.0. The van der Waals surface area contributed by atoms with Gasteiger partial charge in [0.25, 0.3) is 5.91 Å². The highest BCUT2D eigenvalue weighted by Crippen LogP contribution is 2.45. The Morgan fingerprint density at radius 2 is 2.16 bits per heavy atom. The summed E-state index contributed by atoms with van der Waals surface area (Å²) in [5.74, 6) is 0.271. The minimum absolute atomic E-state index is 0.0352. The third kappa shape index (κ3) is 2.54. The predicted octanol–water partition coefficient (Wildman–Crippen LogP) is 2.24. The predicted molar refractivity (Wildman–Crippen MR) is 75.0 cm³/mol. The smallest absolute Gasteiger partial charge is 0.253 e. The van der Waals surface area contributed by atoms with E-state index in [1.807, 2.05) is 13.1 Å². The maximum atomic E-state index is 12.3. The van der Waals surface area contributed by atoms with E-state index in [9.17, 15) is 9.90 Å². The van der Waals surface area contributed by atoms with Crippen molar-refractivity contribution in [2.24, 2.45) is 11.3 Å². The van der Waals surface area contributed by atoms with Gasteiger partial charge in [0.2, 0.25) is 0 Å². The summed E-state index contributed by atoms with van der Waals surface area (Å²) < 4.78 is 0. The summed E-state index contributed by atoms with van der Waals surface area (Å²) in [6.45, 7) is 6.28. The Labute approximate surface area is 114 Å². The maximum Gasteiger partial charge on any atom is 0.253 e. The van der Waals surface area contributed by atoms with E-state index in [0.717, 1.165) is 24.8 Å². The van der Waals surface area contributed by atoms with E-state index in [-0.39, 0.29) is 24.0 Å². The lowest BCUT2D eigenvalue weighted by molar-refractivity contribution is -0.00777. The summed E-state index contributed by atoms with van der Waals surface area (Å²) in [5.41, 5.74) is 1.53. The van der Waals surface area contributed by atoms with Crippen LogP contribution in [0.5, 0.6) is 0 Å². The number of carbonyl (C=O) groups excluding carboxylic acids is 1.